The maximum absolute atomic E-state index is 11.9. The molecule has 0 atom stereocenters. The number of ether oxygens (including phenoxy) is 1. The van der Waals surface area contributed by atoms with Crippen LogP contribution in [0.3, 0.4) is 0 Å². The smallest absolute Gasteiger partial charge is 0.213 e. The second-order valence-electron chi connectivity index (χ2n) is 6.55. The minimum absolute atomic E-state index is 0. The van der Waals surface area contributed by atoms with Crippen LogP contribution in [0.2, 0.25) is 0 Å². The number of guanidine groups is 1. The van der Waals surface area contributed by atoms with Gasteiger partial charge in [0.1, 0.15) is 0 Å². The number of nitrogens with zero attached hydrogens (tertiary/aromatic N) is 1. The SMILES string of the molecule is CCNC(=NCC(C)(C)OC)NCCS(=O)(=O)NCC1CCC1.I. The van der Waals surface area contributed by atoms with Crippen LogP contribution >= 0.6 is 24.0 Å². The van der Waals surface area contributed by atoms with Crippen molar-refractivity contribution in [3.63, 3.8) is 0 Å². The molecule has 1 aliphatic rings. The van der Waals surface area contributed by atoms with E-state index in [4.69, 9.17) is 4.74 Å². The third-order valence-electron chi connectivity index (χ3n) is 3.99. The van der Waals surface area contributed by atoms with Crippen LogP contribution in [0.4, 0.5) is 0 Å². The molecular formula is C15H33IN4O3S. The summed E-state index contributed by atoms with van der Waals surface area (Å²) in [6.45, 7) is 7.97. The average molecular weight is 476 g/mol. The number of halogens is 1. The molecule has 0 aromatic rings. The van der Waals surface area contributed by atoms with E-state index in [1.165, 1.54) is 6.42 Å². The van der Waals surface area contributed by atoms with Crippen LogP contribution in [-0.2, 0) is 14.8 Å². The second-order valence-corrected chi connectivity index (χ2v) is 8.48. The molecule has 24 heavy (non-hydrogen) atoms. The number of rotatable bonds is 10. The Kier molecular flexibility index (Phi) is 11.4. The lowest BCUT2D eigenvalue weighted by Crippen LogP contribution is -2.42. The van der Waals surface area contributed by atoms with E-state index in [2.05, 4.69) is 20.3 Å². The van der Waals surface area contributed by atoms with Gasteiger partial charge in [-0.05, 0) is 39.5 Å². The monoisotopic (exact) mass is 476 g/mol. The number of sulfonamides is 1. The molecule has 0 unspecified atom stereocenters. The highest BCUT2D eigenvalue weighted by Crippen LogP contribution is 2.25. The molecule has 0 spiro atoms. The largest absolute Gasteiger partial charge is 0.377 e. The van der Waals surface area contributed by atoms with Gasteiger partial charge in [-0.3, -0.25) is 4.99 Å². The second kappa shape index (κ2) is 11.5. The van der Waals surface area contributed by atoms with E-state index in [0.717, 1.165) is 12.8 Å². The molecule has 3 N–H and O–H groups in total. The molecule has 0 heterocycles. The summed E-state index contributed by atoms with van der Waals surface area (Å²) in [5.41, 5.74) is -0.348. The summed E-state index contributed by atoms with van der Waals surface area (Å²) in [6, 6.07) is 0. The van der Waals surface area contributed by atoms with Gasteiger partial charge in [-0.1, -0.05) is 6.42 Å². The topological polar surface area (TPSA) is 91.8 Å². The fraction of sp³-hybridized carbons (Fsp3) is 0.933. The summed E-state index contributed by atoms with van der Waals surface area (Å²) in [4.78, 5) is 4.43. The van der Waals surface area contributed by atoms with Gasteiger partial charge in [0, 0.05) is 26.7 Å². The average Bonchev–Trinajstić information content (AvgIpc) is 2.43. The first-order valence-corrected chi connectivity index (χ1v) is 9.98. The van der Waals surface area contributed by atoms with Crippen molar-refractivity contribution >= 4 is 40.0 Å². The number of hydrogen-bond donors (Lipinski definition) is 3. The van der Waals surface area contributed by atoms with E-state index in [0.29, 0.717) is 38.1 Å². The molecule has 144 valence electrons. The van der Waals surface area contributed by atoms with Crippen molar-refractivity contribution in [3.05, 3.63) is 0 Å². The number of nitrogens with one attached hydrogen (secondary N) is 3. The lowest BCUT2D eigenvalue weighted by molar-refractivity contribution is 0.0310. The Balaban J connectivity index is 0.00000529. The van der Waals surface area contributed by atoms with E-state index < -0.39 is 10.0 Å². The molecule has 0 bridgehead atoms. The van der Waals surface area contributed by atoms with Crippen LogP contribution in [0.1, 0.15) is 40.0 Å². The minimum atomic E-state index is -3.23. The molecular weight excluding hydrogens is 443 g/mol. The summed E-state index contributed by atoms with van der Waals surface area (Å²) < 4.78 is 31.9. The molecule has 9 heteroatoms. The molecule has 1 aliphatic carbocycles. The third kappa shape index (κ3) is 10.00. The quantitative estimate of drug-likeness (QED) is 0.251. The van der Waals surface area contributed by atoms with Gasteiger partial charge in [-0.25, -0.2) is 13.1 Å². The summed E-state index contributed by atoms with van der Waals surface area (Å²) in [5.74, 6) is 1.16. The van der Waals surface area contributed by atoms with Gasteiger partial charge in [-0.15, -0.1) is 24.0 Å². The first kappa shape index (κ1) is 23.9. The maximum Gasteiger partial charge on any atom is 0.213 e. The fourth-order valence-electron chi connectivity index (χ4n) is 1.99. The van der Waals surface area contributed by atoms with Crippen molar-refractivity contribution in [2.75, 3.05) is 39.0 Å². The lowest BCUT2D eigenvalue weighted by Gasteiger charge is -2.25. The van der Waals surface area contributed by atoms with Crippen molar-refractivity contribution in [2.45, 2.75) is 45.6 Å². The first-order valence-electron chi connectivity index (χ1n) is 8.32. The molecule has 0 amide bonds. The molecule has 0 saturated heterocycles. The molecule has 7 nitrogen and oxygen atoms in total. The molecule has 1 fully saturated rings. The van der Waals surface area contributed by atoms with E-state index in [1.54, 1.807) is 7.11 Å². The molecule has 0 radical (unpaired) electrons. The van der Waals surface area contributed by atoms with Crippen LogP contribution < -0.4 is 15.4 Å². The van der Waals surface area contributed by atoms with E-state index in [9.17, 15) is 8.42 Å². The van der Waals surface area contributed by atoms with Crippen molar-refractivity contribution in [3.8, 4) is 0 Å². The van der Waals surface area contributed by atoms with Crippen molar-refractivity contribution < 1.29 is 13.2 Å². The van der Waals surface area contributed by atoms with Gasteiger partial charge in [0.15, 0.2) is 5.96 Å². The highest BCUT2D eigenvalue weighted by molar-refractivity contribution is 14.0. The Morgan fingerprint density at radius 1 is 1.29 bits per heavy atom. The maximum atomic E-state index is 11.9. The lowest BCUT2D eigenvalue weighted by atomic mass is 9.86. The standard InChI is InChI=1S/C15H32N4O3S.HI/c1-5-16-14(18-12-15(2,3)22-4)17-9-10-23(20,21)19-11-13-7-6-8-13;/h13,19H,5-12H2,1-4H3,(H2,16,17,18);1H. The van der Waals surface area contributed by atoms with Gasteiger partial charge >= 0.3 is 0 Å². The normalized spacial score (nSPS) is 16.2. The Morgan fingerprint density at radius 2 is 1.96 bits per heavy atom. The minimum Gasteiger partial charge on any atom is -0.377 e. The van der Waals surface area contributed by atoms with Gasteiger partial charge in [0.25, 0.3) is 0 Å². The van der Waals surface area contributed by atoms with Crippen LogP contribution in [0.15, 0.2) is 4.99 Å². The highest BCUT2D eigenvalue weighted by atomic mass is 127. The zero-order valence-electron chi connectivity index (χ0n) is 15.2. The fourth-order valence-corrected chi connectivity index (χ4v) is 3.00. The molecule has 1 rings (SSSR count). The molecule has 0 aromatic carbocycles. The zero-order chi connectivity index (χ0) is 17.3. The van der Waals surface area contributed by atoms with Crippen LogP contribution in [0, 0.1) is 5.92 Å². The summed E-state index contributed by atoms with van der Waals surface area (Å²) in [6.07, 6.45) is 3.48. The molecule has 1 saturated carbocycles. The highest BCUT2D eigenvalue weighted by Gasteiger charge is 2.20. The third-order valence-corrected chi connectivity index (χ3v) is 5.34. The zero-order valence-corrected chi connectivity index (χ0v) is 18.4. The summed E-state index contributed by atoms with van der Waals surface area (Å²) >= 11 is 0. The Bertz CT molecular complexity index is 479. The van der Waals surface area contributed by atoms with Crippen molar-refractivity contribution in [1.82, 2.24) is 15.4 Å². The Morgan fingerprint density at radius 3 is 2.46 bits per heavy atom. The van der Waals surface area contributed by atoms with Crippen LogP contribution in [0.5, 0.6) is 0 Å². The summed E-state index contributed by atoms with van der Waals surface area (Å²) in [7, 11) is -1.58. The van der Waals surface area contributed by atoms with Crippen LogP contribution in [0.25, 0.3) is 0 Å². The van der Waals surface area contributed by atoms with E-state index in [-0.39, 0.29) is 35.3 Å². The number of methoxy groups -OCH3 is 1. The van der Waals surface area contributed by atoms with Gasteiger partial charge in [0.2, 0.25) is 10.0 Å². The van der Waals surface area contributed by atoms with Gasteiger partial charge in [0.05, 0.1) is 17.9 Å². The van der Waals surface area contributed by atoms with Gasteiger partial charge in [-0.2, -0.15) is 0 Å². The summed E-state index contributed by atoms with van der Waals surface area (Å²) in [5, 5.41) is 6.16. The number of hydrogen-bond acceptors (Lipinski definition) is 4. The number of aliphatic imine (C=N–C) groups is 1. The van der Waals surface area contributed by atoms with Gasteiger partial charge < -0.3 is 15.4 Å². The van der Waals surface area contributed by atoms with Crippen LogP contribution in [-0.4, -0.2) is 59.0 Å². The van der Waals surface area contributed by atoms with Crippen molar-refractivity contribution in [2.24, 2.45) is 10.9 Å². The molecule has 0 aliphatic heterocycles. The van der Waals surface area contributed by atoms with E-state index in [1.807, 2.05) is 20.8 Å². The predicted octanol–water partition coefficient (Wildman–Crippen LogP) is 1.30. The predicted molar refractivity (Wildman–Crippen MR) is 110 cm³/mol. The Hall–Kier alpha value is -0.130. The Labute approximate surface area is 163 Å². The van der Waals surface area contributed by atoms with E-state index >= 15 is 0 Å². The molecule has 0 aromatic heterocycles. The van der Waals surface area contributed by atoms with Crippen molar-refractivity contribution in [1.29, 1.82) is 0 Å². The first-order chi connectivity index (χ1) is 10.8.